The van der Waals surface area contributed by atoms with Crippen molar-refractivity contribution < 1.29 is 9.84 Å². The van der Waals surface area contributed by atoms with Crippen LogP contribution >= 0.6 is 11.3 Å². The van der Waals surface area contributed by atoms with Crippen molar-refractivity contribution >= 4 is 16.5 Å². The van der Waals surface area contributed by atoms with Crippen molar-refractivity contribution in [2.24, 2.45) is 0 Å². The number of thiazole rings is 1. The van der Waals surface area contributed by atoms with Crippen LogP contribution in [0.1, 0.15) is 42.7 Å². The maximum atomic E-state index is 9.43. The van der Waals surface area contributed by atoms with Gasteiger partial charge in [0.25, 0.3) is 0 Å². The third-order valence-corrected chi connectivity index (χ3v) is 4.81. The van der Waals surface area contributed by atoms with Crippen LogP contribution in [0.3, 0.4) is 0 Å². The van der Waals surface area contributed by atoms with E-state index in [4.69, 9.17) is 9.72 Å². The summed E-state index contributed by atoms with van der Waals surface area (Å²) in [4.78, 5) is 8.14. The van der Waals surface area contributed by atoms with Gasteiger partial charge in [0.05, 0.1) is 29.9 Å². The first kappa shape index (κ1) is 12.4. The van der Waals surface area contributed by atoms with E-state index in [1.165, 1.54) is 12.8 Å². The number of hydrogen-bond donors (Lipinski definition) is 1. The molecule has 18 heavy (non-hydrogen) atoms. The first-order valence-corrected chi connectivity index (χ1v) is 7.60. The van der Waals surface area contributed by atoms with Crippen LogP contribution in [-0.2, 0) is 11.3 Å². The van der Waals surface area contributed by atoms with Gasteiger partial charge in [0.15, 0.2) is 5.13 Å². The molecule has 5 heteroatoms. The highest BCUT2D eigenvalue weighted by molar-refractivity contribution is 7.15. The second-order valence-electron chi connectivity index (χ2n) is 5.08. The standard InChI is InChI=1S/C13H20N2O2S/c1-2-10-7-15(5-6-17-10)13-14-12(9-3-4-9)11(8-16)18-13/h9-10,16H,2-8H2,1H3. The number of hydrogen-bond acceptors (Lipinski definition) is 5. The number of aliphatic hydroxyl groups excluding tert-OH is 1. The fourth-order valence-electron chi connectivity index (χ4n) is 2.42. The predicted molar refractivity (Wildman–Crippen MR) is 72.3 cm³/mol. The highest BCUT2D eigenvalue weighted by Gasteiger charge is 2.31. The zero-order chi connectivity index (χ0) is 12.5. The first-order valence-electron chi connectivity index (χ1n) is 6.78. The van der Waals surface area contributed by atoms with Gasteiger partial charge in [-0.25, -0.2) is 4.98 Å². The SMILES string of the molecule is CCC1CN(c2nc(C3CC3)c(CO)s2)CCO1. The Balaban J connectivity index is 1.78. The van der Waals surface area contributed by atoms with Gasteiger partial charge in [-0.3, -0.25) is 0 Å². The fraction of sp³-hybridized carbons (Fsp3) is 0.769. The highest BCUT2D eigenvalue weighted by atomic mass is 32.1. The van der Waals surface area contributed by atoms with E-state index in [0.717, 1.165) is 41.8 Å². The molecule has 2 heterocycles. The second kappa shape index (κ2) is 5.15. The largest absolute Gasteiger partial charge is 0.391 e. The molecule has 1 saturated heterocycles. The van der Waals surface area contributed by atoms with Crippen LogP contribution in [-0.4, -0.2) is 35.9 Å². The van der Waals surface area contributed by atoms with E-state index in [-0.39, 0.29) is 6.61 Å². The molecular weight excluding hydrogens is 248 g/mol. The summed E-state index contributed by atoms with van der Waals surface area (Å²) in [6.45, 7) is 4.92. The van der Waals surface area contributed by atoms with E-state index in [1.54, 1.807) is 11.3 Å². The monoisotopic (exact) mass is 268 g/mol. The molecule has 4 nitrogen and oxygen atoms in total. The van der Waals surface area contributed by atoms with Crippen LogP contribution in [0.25, 0.3) is 0 Å². The number of nitrogens with zero attached hydrogens (tertiary/aromatic N) is 2. The molecule has 2 fully saturated rings. The van der Waals surface area contributed by atoms with E-state index >= 15 is 0 Å². The quantitative estimate of drug-likeness (QED) is 0.908. The smallest absolute Gasteiger partial charge is 0.186 e. The molecule has 1 N–H and O–H groups in total. The zero-order valence-corrected chi connectivity index (χ0v) is 11.6. The maximum Gasteiger partial charge on any atom is 0.186 e. The van der Waals surface area contributed by atoms with E-state index in [9.17, 15) is 5.11 Å². The van der Waals surface area contributed by atoms with Gasteiger partial charge in [-0.15, -0.1) is 0 Å². The van der Waals surface area contributed by atoms with Gasteiger partial charge in [0, 0.05) is 19.0 Å². The van der Waals surface area contributed by atoms with E-state index in [2.05, 4.69) is 11.8 Å². The normalized spacial score (nSPS) is 24.6. The molecule has 2 aliphatic rings. The van der Waals surface area contributed by atoms with Crippen LogP contribution in [0.5, 0.6) is 0 Å². The minimum Gasteiger partial charge on any atom is -0.391 e. The number of anilines is 1. The lowest BCUT2D eigenvalue weighted by atomic mass is 10.2. The number of rotatable bonds is 4. The molecule has 1 aromatic rings. The van der Waals surface area contributed by atoms with Gasteiger partial charge in [-0.1, -0.05) is 18.3 Å². The zero-order valence-electron chi connectivity index (χ0n) is 10.8. The van der Waals surface area contributed by atoms with Crippen LogP contribution in [0.4, 0.5) is 5.13 Å². The van der Waals surface area contributed by atoms with Crippen molar-refractivity contribution in [2.75, 3.05) is 24.6 Å². The molecule has 1 aromatic heterocycles. The minimum atomic E-state index is 0.130. The van der Waals surface area contributed by atoms with Gasteiger partial charge in [0.1, 0.15) is 0 Å². The Morgan fingerprint density at radius 2 is 2.33 bits per heavy atom. The van der Waals surface area contributed by atoms with Crippen molar-refractivity contribution in [3.05, 3.63) is 10.6 Å². The van der Waals surface area contributed by atoms with Crippen LogP contribution in [0.2, 0.25) is 0 Å². The van der Waals surface area contributed by atoms with Crippen LogP contribution in [0.15, 0.2) is 0 Å². The molecular formula is C13H20N2O2S. The van der Waals surface area contributed by atoms with Gasteiger partial charge in [-0.05, 0) is 19.3 Å². The molecule has 100 valence electrons. The molecule has 1 aliphatic carbocycles. The lowest BCUT2D eigenvalue weighted by Gasteiger charge is -2.32. The molecule has 3 rings (SSSR count). The average molecular weight is 268 g/mol. The Morgan fingerprint density at radius 1 is 1.50 bits per heavy atom. The summed E-state index contributed by atoms with van der Waals surface area (Å²) in [5.41, 5.74) is 1.15. The minimum absolute atomic E-state index is 0.130. The summed E-state index contributed by atoms with van der Waals surface area (Å²) < 4.78 is 5.69. The summed E-state index contributed by atoms with van der Waals surface area (Å²) in [7, 11) is 0. The number of aliphatic hydroxyl groups is 1. The summed E-state index contributed by atoms with van der Waals surface area (Å²) in [6.07, 6.45) is 3.84. The van der Waals surface area contributed by atoms with Gasteiger partial charge in [0.2, 0.25) is 0 Å². The van der Waals surface area contributed by atoms with Crippen molar-refractivity contribution in [1.82, 2.24) is 4.98 Å². The Hall–Kier alpha value is -0.650. The first-order chi connectivity index (χ1) is 8.81. The fourth-order valence-corrected chi connectivity index (χ4v) is 3.46. The second-order valence-corrected chi connectivity index (χ2v) is 6.15. The number of aromatic nitrogens is 1. The third-order valence-electron chi connectivity index (χ3n) is 3.69. The lowest BCUT2D eigenvalue weighted by Crippen LogP contribution is -2.42. The summed E-state index contributed by atoms with van der Waals surface area (Å²) >= 11 is 1.66. The molecule has 1 unspecified atom stereocenters. The molecule has 1 aliphatic heterocycles. The van der Waals surface area contributed by atoms with Crippen LogP contribution in [0, 0.1) is 0 Å². The lowest BCUT2D eigenvalue weighted by molar-refractivity contribution is 0.0384. The summed E-state index contributed by atoms with van der Waals surface area (Å²) in [6, 6.07) is 0. The molecule has 0 bridgehead atoms. The van der Waals surface area contributed by atoms with Crippen molar-refractivity contribution in [2.45, 2.75) is 44.8 Å². The topological polar surface area (TPSA) is 45.6 Å². The Morgan fingerprint density at radius 3 is 3.00 bits per heavy atom. The summed E-state index contributed by atoms with van der Waals surface area (Å²) in [5, 5.41) is 10.5. The van der Waals surface area contributed by atoms with Crippen LogP contribution < -0.4 is 4.90 Å². The van der Waals surface area contributed by atoms with Gasteiger partial charge >= 0.3 is 0 Å². The van der Waals surface area contributed by atoms with E-state index < -0.39 is 0 Å². The Bertz CT molecular complexity index is 417. The molecule has 0 spiro atoms. The van der Waals surface area contributed by atoms with Crippen molar-refractivity contribution in [3.8, 4) is 0 Å². The van der Waals surface area contributed by atoms with Gasteiger partial charge in [-0.2, -0.15) is 0 Å². The average Bonchev–Trinajstić information content (AvgIpc) is 3.18. The predicted octanol–water partition coefficient (Wildman–Crippen LogP) is 2.13. The third kappa shape index (κ3) is 2.39. The molecule has 1 saturated carbocycles. The molecule has 0 radical (unpaired) electrons. The molecule has 0 amide bonds. The van der Waals surface area contributed by atoms with E-state index in [1.807, 2.05) is 0 Å². The summed E-state index contributed by atoms with van der Waals surface area (Å²) in [5.74, 6) is 0.611. The number of ether oxygens (including phenoxy) is 1. The van der Waals surface area contributed by atoms with Crippen molar-refractivity contribution in [1.29, 1.82) is 0 Å². The van der Waals surface area contributed by atoms with Gasteiger partial charge < -0.3 is 14.7 Å². The highest BCUT2D eigenvalue weighted by Crippen LogP contribution is 2.44. The maximum absolute atomic E-state index is 9.43. The number of morpholine rings is 1. The van der Waals surface area contributed by atoms with Crippen molar-refractivity contribution in [3.63, 3.8) is 0 Å². The van der Waals surface area contributed by atoms with E-state index in [0.29, 0.717) is 12.0 Å². The Labute approximate surface area is 112 Å². The Kier molecular flexibility index (Phi) is 3.54. The molecule has 0 aromatic carbocycles. The molecule has 1 atom stereocenters.